The molecule has 136 valence electrons. The smallest absolute Gasteiger partial charge is 0.350 e. The SMILES string of the molecule is CN=C(NCc1nc(C(F)(F)F)cs1)N1CC2CCCCC2C1.I. The number of thiazole rings is 1. The molecule has 1 aliphatic carbocycles. The third-order valence-corrected chi connectivity index (χ3v) is 5.58. The minimum absolute atomic E-state index is 0. The Labute approximate surface area is 161 Å². The molecule has 0 bridgehead atoms. The molecule has 3 rings (SSSR count). The van der Waals surface area contributed by atoms with Crippen LogP contribution < -0.4 is 5.32 Å². The molecular formula is C15H22F3IN4S. The van der Waals surface area contributed by atoms with Crippen LogP contribution in [0.5, 0.6) is 0 Å². The number of nitrogens with one attached hydrogen (secondary N) is 1. The van der Waals surface area contributed by atoms with Crippen molar-refractivity contribution in [3.05, 3.63) is 16.1 Å². The van der Waals surface area contributed by atoms with Crippen LogP contribution in [0, 0.1) is 11.8 Å². The monoisotopic (exact) mass is 474 g/mol. The summed E-state index contributed by atoms with van der Waals surface area (Å²) in [5, 5.41) is 4.64. The highest BCUT2D eigenvalue weighted by Crippen LogP contribution is 2.36. The van der Waals surface area contributed by atoms with Gasteiger partial charge < -0.3 is 10.2 Å². The fraction of sp³-hybridized carbons (Fsp3) is 0.733. The normalized spacial score (nSPS) is 24.5. The number of aromatic nitrogens is 1. The summed E-state index contributed by atoms with van der Waals surface area (Å²) in [6.45, 7) is 2.27. The van der Waals surface area contributed by atoms with Crippen molar-refractivity contribution in [3.8, 4) is 0 Å². The molecule has 2 fully saturated rings. The number of alkyl halides is 3. The lowest BCUT2D eigenvalue weighted by Crippen LogP contribution is -2.39. The molecule has 1 aromatic rings. The maximum Gasteiger partial charge on any atom is 0.434 e. The van der Waals surface area contributed by atoms with Gasteiger partial charge in [0.1, 0.15) is 5.01 Å². The van der Waals surface area contributed by atoms with Crippen LogP contribution in [0.15, 0.2) is 10.4 Å². The van der Waals surface area contributed by atoms with Crippen LogP contribution >= 0.6 is 35.3 Å². The first kappa shape index (κ1) is 19.7. The number of hydrogen-bond acceptors (Lipinski definition) is 3. The highest BCUT2D eigenvalue weighted by atomic mass is 127. The Hall–Kier alpha value is -0.580. The van der Waals surface area contributed by atoms with Gasteiger partial charge in [-0.25, -0.2) is 4.98 Å². The first-order chi connectivity index (χ1) is 11.0. The Morgan fingerprint density at radius 3 is 2.46 bits per heavy atom. The van der Waals surface area contributed by atoms with Crippen LogP contribution in [0.2, 0.25) is 0 Å². The fourth-order valence-electron chi connectivity index (χ4n) is 3.59. The number of hydrogen-bond donors (Lipinski definition) is 1. The highest BCUT2D eigenvalue weighted by molar-refractivity contribution is 14.0. The van der Waals surface area contributed by atoms with Crippen LogP contribution in [0.25, 0.3) is 0 Å². The summed E-state index contributed by atoms with van der Waals surface area (Å²) in [4.78, 5) is 10.2. The number of rotatable bonds is 2. The Kier molecular flexibility index (Phi) is 6.74. The molecule has 2 aliphatic rings. The molecule has 24 heavy (non-hydrogen) atoms. The maximum atomic E-state index is 12.6. The minimum atomic E-state index is -4.37. The van der Waals surface area contributed by atoms with E-state index >= 15 is 0 Å². The molecule has 2 heterocycles. The molecule has 0 aromatic carbocycles. The largest absolute Gasteiger partial charge is 0.434 e. The van der Waals surface area contributed by atoms with Gasteiger partial charge in [-0.2, -0.15) is 13.2 Å². The zero-order valence-electron chi connectivity index (χ0n) is 13.5. The van der Waals surface area contributed by atoms with Crippen LogP contribution in [0.1, 0.15) is 36.4 Å². The molecule has 0 radical (unpaired) electrons. The van der Waals surface area contributed by atoms with Crippen molar-refractivity contribution in [1.29, 1.82) is 0 Å². The molecule has 1 saturated heterocycles. The van der Waals surface area contributed by atoms with Gasteiger partial charge in [0.15, 0.2) is 11.7 Å². The number of fused-ring (bicyclic) bond motifs is 1. The molecule has 2 unspecified atom stereocenters. The lowest BCUT2D eigenvalue weighted by molar-refractivity contribution is -0.140. The van der Waals surface area contributed by atoms with Crippen molar-refractivity contribution in [1.82, 2.24) is 15.2 Å². The minimum Gasteiger partial charge on any atom is -0.350 e. The molecule has 1 aromatic heterocycles. The summed E-state index contributed by atoms with van der Waals surface area (Å²) in [5.41, 5.74) is -0.818. The van der Waals surface area contributed by atoms with E-state index in [4.69, 9.17) is 0 Å². The van der Waals surface area contributed by atoms with Crippen molar-refractivity contribution in [2.75, 3.05) is 20.1 Å². The van der Waals surface area contributed by atoms with E-state index in [1.807, 2.05) is 0 Å². The van der Waals surface area contributed by atoms with E-state index in [0.717, 1.165) is 47.6 Å². The van der Waals surface area contributed by atoms with E-state index in [1.54, 1.807) is 7.05 Å². The molecule has 4 nitrogen and oxygen atoms in total. The van der Waals surface area contributed by atoms with Gasteiger partial charge in [-0.05, 0) is 24.7 Å². The van der Waals surface area contributed by atoms with E-state index in [9.17, 15) is 13.2 Å². The van der Waals surface area contributed by atoms with Crippen LogP contribution in [-0.4, -0.2) is 36.0 Å². The van der Waals surface area contributed by atoms with Gasteiger partial charge in [-0.3, -0.25) is 4.99 Å². The van der Waals surface area contributed by atoms with Gasteiger partial charge in [0.2, 0.25) is 0 Å². The van der Waals surface area contributed by atoms with Crippen LogP contribution in [-0.2, 0) is 12.7 Å². The van der Waals surface area contributed by atoms with Crippen molar-refractivity contribution >= 4 is 41.3 Å². The Morgan fingerprint density at radius 1 is 1.33 bits per heavy atom. The summed E-state index contributed by atoms with van der Waals surface area (Å²) < 4.78 is 37.7. The molecule has 9 heteroatoms. The number of likely N-dealkylation sites (tertiary alicyclic amines) is 1. The second-order valence-electron chi connectivity index (χ2n) is 6.23. The van der Waals surface area contributed by atoms with Gasteiger partial charge in [-0.15, -0.1) is 35.3 Å². The average Bonchev–Trinajstić information content (AvgIpc) is 3.13. The van der Waals surface area contributed by atoms with E-state index in [2.05, 4.69) is 20.2 Å². The van der Waals surface area contributed by atoms with Gasteiger partial charge >= 0.3 is 6.18 Å². The Bertz CT molecular complexity index is 561. The van der Waals surface area contributed by atoms with Gasteiger partial charge in [-0.1, -0.05) is 12.8 Å². The van der Waals surface area contributed by atoms with Crippen molar-refractivity contribution in [3.63, 3.8) is 0 Å². The van der Waals surface area contributed by atoms with Crippen LogP contribution in [0.3, 0.4) is 0 Å². The first-order valence-electron chi connectivity index (χ1n) is 7.94. The Balaban J connectivity index is 0.00000208. The molecule has 1 N–H and O–H groups in total. The molecule has 0 amide bonds. The second kappa shape index (κ2) is 8.20. The summed E-state index contributed by atoms with van der Waals surface area (Å²) >= 11 is 1.02. The molecule has 1 aliphatic heterocycles. The maximum absolute atomic E-state index is 12.6. The predicted octanol–water partition coefficient (Wildman–Crippen LogP) is 3.98. The van der Waals surface area contributed by atoms with Gasteiger partial charge in [0, 0.05) is 25.5 Å². The van der Waals surface area contributed by atoms with E-state index < -0.39 is 11.9 Å². The Morgan fingerprint density at radius 2 is 1.96 bits per heavy atom. The molecule has 0 spiro atoms. The van der Waals surface area contributed by atoms with Gasteiger partial charge in [0.05, 0.1) is 6.54 Å². The zero-order chi connectivity index (χ0) is 16.4. The average molecular weight is 474 g/mol. The number of nitrogens with zero attached hydrogens (tertiary/aromatic N) is 3. The van der Waals surface area contributed by atoms with Gasteiger partial charge in [0.25, 0.3) is 0 Å². The lowest BCUT2D eigenvalue weighted by Gasteiger charge is -2.22. The zero-order valence-corrected chi connectivity index (χ0v) is 16.6. The lowest BCUT2D eigenvalue weighted by atomic mass is 9.82. The fourth-order valence-corrected chi connectivity index (χ4v) is 4.33. The topological polar surface area (TPSA) is 40.5 Å². The van der Waals surface area contributed by atoms with Crippen LogP contribution in [0.4, 0.5) is 13.2 Å². The molecule has 2 atom stereocenters. The standard InChI is InChI=1S/C15H21F3N4S.HI/c1-19-14(22-7-10-4-2-3-5-11(10)8-22)20-6-13-21-12(9-23-13)15(16,17)18;/h9-11H,2-8H2,1H3,(H,19,20);1H. The number of guanidine groups is 1. The van der Waals surface area contributed by atoms with E-state index in [0.29, 0.717) is 5.01 Å². The first-order valence-corrected chi connectivity index (χ1v) is 8.82. The highest BCUT2D eigenvalue weighted by Gasteiger charge is 2.36. The summed E-state index contributed by atoms with van der Waals surface area (Å²) in [6.07, 6.45) is 0.793. The van der Waals surface area contributed by atoms with E-state index in [-0.39, 0.29) is 30.5 Å². The third kappa shape index (κ3) is 4.53. The molecular weight excluding hydrogens is 452 g/mol. The molecule has 1 saturated carbocycles. The number of halogens is 4. The quantitative estimate of drug-likeness (QED) is 0.401. The number of aliphatic imine (C=N–C) groups is 1. The second-order valence-corrected chi connectivity index (χ2v) is 7.18. The predicted molar refractivity (Wildman–Crippen MR) is 99.8 cm³/mol. The van der Waals surface area contributed by atoms with Crippen molar-refractivity contribution < 1.29 is 13.2 Å². The van der Waals surface area contributed by atoms with E-state index in [1.165, 1.54) is 25.7 Å². The summed E-state index contributed by atoms with van der Waals surface area (Å²) in [6, 6.07) is 0. The van der Waals surface area contributed by atoms with Crippen molar-refractivity contribution in [2.24, 2.45) is 16.8 Å². The third-order valence-electron chi connectivity index (χ3n) is 4.73. The summed E-state index contributed by atoms with van der Waals surface area (Å²) in [7, 11) is 1.72. The summed E-state index contributed by atoms with van der Waals surface area (Å²) in [5.74, 6) is 2.24. The van der Waals surface area contributed by atoms with Crippen molar-refractivity contribution in [2.45, 2.75) is 38.4 Å².